The summed E-state index contributed by atoms with van der Waals surface area (Å²) in [5.74, 6) is -1.11. The first-order chi connectivity index (χ1) is 15.7. The van der Waals surface area contributed by atoms with Crippen molar-refractivity contribution in [1.29, 1.82) is 0 Å². The van der Waals surface area contributed by atoms with Crippen LogP contribution < -0.4 is 10.2 Å². The van der Waals surface area contributed by atoms with E-state index in [4.69, 9.17) is 4.42 Å². The first-order valence-corrected chi connectivity index (χ1v) is 10.9. The van der Waals surface area contributed by atoms with Crippen molar-refractivity contribution < 1.29 is 27.9 Å². The normalized spacial score (nSPS) is 17.7. The molecule has 2 aromatic heterocycles. The number of aryl methyl sites for hydroxylation is 1. The second kappa shape index (κ2) is 8.95. The number of anilines is 1. The number of rotatable bonds is 6. The fraction of sp³-hybridized carbons (Fsp3) is 0.261. The lowest BCUT2D eigenvalue weighted by Crippen LogP contribution is -2.50. The van der Waals surface area contributed by atoms with E-state index >= 15 is 0 Å². The molecule has 1 aliphatic rings. The van der Waals surface area contributed by atoms with Crippen molar-refractivity contribution >= 4 is 29.3 Å². The number of carbonyl (C=O) groups excluding carboxylic acids is 2. The summed E-state index contributed by atoms with van der Waals surface area (Å²) in [6, 6.07) is 8.05. The Morgan fingerprint density at radius 1 is 1.24 bits per heavy atom. The van der Waals surface area contributed by atoms with E-state index in [1.165, 1.54) is 17.2 Å². The standard InChI is InChI=1S/C23H21F2N3O4S/c1-13-3-4-18(32-13)10-26-20(30)15-7-19-21(27-9-15)33-23(2,12-29)22(31)28(19)11-14-5-16(24)8-17(25)6-14/h3-9,29H,10-12H2,1-2H3,(H,26,30). The van der Waals surface area contributed by atoms with Gasteiger partial charge in [0.25, 0.3) is 5.91 Å². The third-order valence-electron chi connectivity index (χ3n) is 5.19. The SMILES string of the molecule is Cc1ccc(CNC(=O)c2cnc3c(c2)N(Cc2cc(F)cc(F)c2)C(=O)C(C)(CO)S3)o1. The molecule has 3 aromatic rings. The maximum Gasteiger partial charge on any atom is 0.253 e. The molecule has 2 N–H and O–H groups in total. The van der Waals surface area contributed by atoms with Crippen molar-refractivity contribution in [2.75, 3.05) is 11.5 Å². The Balaban J connectivity index is 1.65. The minimum Gasteiger partial charge on any atom is -0.465 e. The number of hydrogen-bond acceptors (Lipinski definition) is 6. The number of pyridine rings is 1. The number of aromatic nitrogens is 1. The van der Waals surface area contributed by atoms with Crippen molar-refractivity contribution in [3.63, 3.8) is 0 Å². The molecule has 0 spiro atoms. The maximum atomic E-state index is 13.7. The van der Waals surface area contributed by atoms with Gasteiger partial charge in [-0.05, 0) is 49.7 Å². The van der Waals surface area contributed by atoms with Gasteiger partial charge in [0.05, 0.1) is 30.9 Å². The minimum atomic E-state index is -1.23. The topological polar surface area (TPSA) is 95.7 Å². The third kappa shape index (κ3) is 4.76. The zero-order chi connectivity index (χ0) is 23.8. The van der Waals surface area contributed by atoms with E-state index in [1.807, 2.05) is 0 Å². The first-order valence-electron chi connectivity index (χ1n) is 10.1. The molecule has 0 saturated carbocycles. The monoisotopic (exact) mass is 473 g/mol. The van der Waals surface area contributed by atoms with Crippen LogP contribution in [0.15, 0.2) is 52.0 Å². The zero-order valence-electron chi connectivity index (χ0n) is 17.9. The molecule has 0 bridgehead atoms. The molecule has 0 radical (unpaired) electrons. The molecule has 10 heteroatoms. The van der Waals surface area contributed by atoms with Gasteiger partial charge in [0.15, 0.2) is 0 Å². The summed E-state index contributed by atoms with van der Waals surface area (Å²) in [4.78, 5) is 31.5. The van der Waals surface area contributed by atoms with Gasteiger partial charge in [-0.3, -0.25) is 9.59 Å². The number of nitrogens with one attached hydrogen (secondary N) is 1. The van der Waals surface area contributed by atoms with Gasteiger partial charge in [0.1, 0.15) is 32.9 Å². The van der Waals surface area contributed by atoms with Crippen molar-refractivity contribution in [1.82, 2.24) is 10.3 Å². The Bertz CT molecular complexity index is 1210. The van der Waals surface area contributed by atoms with Crippen molar-refractivity contribution in [2.24, 2.45) is 0 Å². The molecule has 1 aromatic carbocycles. The largest absolute Gasteiger partial charge is 0.465 e. The third-order valence-corrected chi connectivity index (χ3v) is 6.45. The van der Waals surface area contributed by atoms with E-state index in [2.05, 4.69) is 10.3 Å². The Hall–Kier alpha value is -3.24. The van der Waals surface area contributed by atoms with Gasteiger partial charge < -0.3 is 19.7 Å². The molecule has 7 nitrogen and oxygen atoms in total. The number of benzene rings is 1. The van der Waals surface area contributed by atoms with Gasteiger partial charge in [-0.25, -0.2) is 13.8 Å². The first kappa shape index (κ1) is 22.9. The molecule has 33 heavy (non-hydrogen) atoms. The second-order valence-electron chi connectivity index (χ2n) is 7.90. The van der Waals surface area contributed by atoms with Crippen LogP contribution in [0.2, 0.25) is 0 Å². The summed E-state index contributed by atoms with van der Waals surface area (Å²) in [5.41, 5.74) is 0.748. The van der Waals surface area contributed by atoms with E-state index in [-0.39, 0.29) is 24.2 Å². The summed E-state index contributed by atoms with van der Waals surface area (Å²) in [7, 11) is 0. The molecular formula is C23H21F2N3O4S. The van der Waals surface area contributed by atoms with Crippen LogP contribution in [0.1, 0.15) is 34.4 Å². The number of thioether (sulfide) groups is 1. The number of halogens is 2. The number of hydrogen-bond donors (Lipinski definition) is 2. The molecule has 0 aliphatic carbocycles. The van der Waals surface area contributed by atoms with Crippen LogP contribution in [-0.4, -0.2) is 33.3 Å². The molecule has 2 amide bonds. The van der Waals surface area contributed by atoms with Crippen molar-refractivity contribution in [3.8, 4) is 0 Å². The van der Waals surface area contributed by atoms with Crippen LogP contribution in [0, 0.1) is 18.6 Å². The van der Waals surface area contributed by atoms with Gasteiger partial charge in [0.2, 0.25) is 5.91 Å². The Morgan fingerprint density at radius 3 is 2.61 bits per heavy atom. The molecular weight excluding hydrogens is 452 g/mol. The molecule has 172 valence electrons. The number of furan rings is 1. The summed E-state index contributed by atoms with van der Waals surface area (Å²) >= 11 is 1.07. The molecule has 0 saturated heterocycles. The van der Waals surface area contributed by atoms with Crippen LogP contribution in [0.5, 0.6) is 0 Å². The van der Waals surface area contributed by atoms with Gasteiger partial charge >= 0.3 is 0 Å². The van der Waals surface area contributed by atoms with Crippen LogP contribution in [0.3, 0.4) is 0 Å². The van der Waals surface area contributed by atoms with Crippen molar-refractivity contribution in [3.05, 3.63) is 76.9 Å². The number of aliphatic hydroxyl groups is 1. The predicted octanol–water partition coefficient (Wildman–Crippen LogP) is 3.58. The number of carbonyl (C=O) groups is 2. The Kier molecular flexibility index (Phi) is 6.22. The highest BCUT2D eigenvalue weighted by atomic mass is 32.2. The van der Waals surface area contributed by atoms with E-state index in [9.17, 15) is 23.5 Å². The number of aliphatic hydroxyl groups excluding tert-OH is 1. The lowest BCUT2D eigenvalue weighted by molar-refractivity contribution is -0.121. The quantitative estimate of drug-likeness (QED) is 0.568. The molecule has 3 heterocycles. The predicted molar refractivity (Wildman–Crippen MR) is 118 cm³/mol. The van der Waals surface area contributed by atoms with Crippen LogP contribution in [0.4, 0.5) is 14.5 Å². The lowest BCUT2D eigenvalue weighted by atomic mass is 10.1. The summed E-state index contributed by atoms with van der Waals surface area (Å²) < 4.78 is 31.7. The highest BCUT2D eigenvalue weighted by Crippen LogP contribution is 2.44. The number of fused-ring (bicyclic) bond motifs is 1. The second-order valence-corrected chi connectivity index (χ2v) is 9.40. The molecule has 0 fully saturated rings. The fourth-order valence-electron chi connectivity index (χ4n) is 3.48. The van der Waals surface area contributed by atoms with Crippen LogP contribution in [0.25, 0.3) is 0 Å². The van der Waals surface area contributed by atoms with Gasteiger partial charge in [-0.2, -0.15) is 0 Å². The number of nitrogens with zero attached hydrogens (tertiary/aromatic N) is 2. The average Bonchev–Trinajstić information content (AvgIpc) is 3.19. The summed E-state index contributed by atoms with van der Waals surface area (Å²) in [6.45, 7) is 2.92. The van der Waals surface area contributed by atoms with E-state index in [1.54, 1.807) is 26.0 Å². The molecule has 4 rings (SSSR count). The van der Waals surface area contributed by atoms with Gasteiger partial charge in [-0.15, -0.1) is 0 Å². The molecule has 1 atom stereocenters. The van der Waals surface area contributed by atoms with Gasteiger partial charge in [0, 0.05) is 12.3 Å². The minimum absolute atomic E-state index is 0.158. The zero-order valence-corrected chi connectivity index (χ0v) is 18.7. The average molecular weight is 474 g/mol. The van der Waals surface area contributed by atoms with E-state index in [0.717, 1.165) is 35.7 Å². The van der Waals surface area contributed by atoms with Crippen LogP contribution in [-0.2, 0) is 17.9 Å². The Morgan fingerprint density at radius 2 is 1.97 bits per heavy atom. The number of amides is 2. The molecule has 1 aliphatic heterocycles. The fourth-order valence-corrected chi connectivity index (χ4v) is 4.55. The maximum absolute atomic E-state index is 13.7. The molecule has 1 unspecified atom stereocenters. The highest BCUT2D eigenvalue weighted by Gasteiger charge is 2.44. The Labute approximate surface area is 192 Å². The van der Waals surface area contributed by atoms with E-state index in [0.29, 0.717) is 16.5 Å². The summed E-state index contributed by atoms with van der Waals surface area (Å²) in [5, 5.41) is 13.0. The van der Waals surface area contributed by atoms with Gasteiger partial charge in [-0.1, -0.05) is 11.8 Å². The van der Waals surface area contributed by atoms with Crippen LogP contribution >= 0.6 is 11.8 Å². The summed E-state index contributed by atoms with van der Waals surface area (Å²) in [6.07, 6.45) is 1.38. The smallest absolute Gasteiger partial charge is 0.253 e. The highest BCUT2D eigenvalue weighted by molar-refractivity contribution is 8.01. The van der Waals surface area contributed by atoms with Crippen molar-refractivity contribution in [2.45, 2.75) is 36.7 Å². The van der Waals surface area contributed by atoms with E-state index < -0.39 is 34.8 Å². The lowest BCUT2D eigenvalue weighted by Gasteiger charge is -2.38.